The first-order chi connectivity index (χ1) is 68.2. The second kappa shape index (κ2) is 54.1. The molecule has 14 atom stereocenters. The molecule has 46 heteroatoms. The number of nitrogens with two attached hydrogens (primary N) is 1. The molecular formula is C97H122N14O28S4. The molecule has 7 heterocycles. The number of benzene rings is 4. The van der Waals surface area contributed by atoms with Crippen LogP contribution in [-0.4, -0.2) is 292 Å². The van der Waals surface area contributed by atoms with Crippen molar-refractivity contribution < 1.29 is 131 Å². The fraction of sp³-hybridized carbons (Fsp3) is 0.515. The molecule has 6 aromatic rings. The second-order valence-electron chi connectivity index (χ2n) is 35.7. The number of hydrogen-bond donors (Lipinski definition) is 14. The number of terminal acetylenes is 1. The number of nitrogen functional groups attached to an aromatic ring is 1. The van der Waals surface area contributed by atoms with Gasteiger partial charge in [-0.1, -0.05) is 127 Å². The van der Waals surface area contributed by atoms with Crippen LogP contribution in [0.5, 0.6) is 5.75 Å². The molecule has 15 N–H and O–H groups in total. The van der Waals surface area contributed by atoms with Gasteiger partial charge in [0.25, 0.3) is 23.8 Å². The van der Waals surface area contributed by atoms with Crippen LogP contribution in [0.1, 0.15) is 150 Å². The number of hydrazine groups is 1. The number of aliphatic hydroxyl groups excluding tert-OH is 1. The number of anilines is 3. The van der Waals surface area contributed by atoms with Crippen molar-refractivity contribution in [3.8, 4) is 18.1 Å². The number of amides is 6. The fourth-order valence-corrected chi connectivity index (χ4v) is 23.7. The fourth-order valence-electron chi connectivity index (χ4n) is 20.0. The highest BCUT2D eigenvalue weighted by Gasteiger charge is 2.79. The van der Waals surface area contributed by atoms with Gasteiger partial charge in [0, 0.05) is 188 Å². The minimum absolute atomic E-state index is 0.00292. The van der Waals surface area contributed by atoms with Gasteiger partial charge in [-0.3, -0.25) is 68.2 Å². The molecule has 2 bridgehead atoms. The van der Waals surface area contributed by atoms with Gasteiger partial charge in [-0.05, 0) is 123 Å². The quantitative estimate of drug-likeness (QED) is 0.00360. The number of esters is 1. The topological polar surface area (TPSA) is 618 Å². The van der Waals surface area contributed by atoms with Crippen LogP contribution in [0.25, 0.3) is 21.8 Å². The second-order valence-corrected chi connectivity index (χ2v) is 41.1. The molecular weight excluding hydrogens is 1940 g/mol. The Morgan fingerprint density at radius 2 is 1.41 bits per heavy atom. The molecule has 12 rings (SSSR count). The highest BCUT2D eigenvalue weighted by Crippen LogP contribution is 2.68. The number of piperidine rings is 1. The summed E-state index contributed by atoms with van der Waals surface area (Å²) in [6.45, 7) is 14.4. The van der Waals surface area contributed by atoms with Crippen molar-refractivity contribution in [3.63, 3.8) is 0 Å². The van der Waals surface area contributed by atoms with Gasteiger partial charge in [0.15, 0.2) is 5.60 Å². The number of carboxylic acid groups (broad SMARTS) is 2. The van der Waals surface area contributed by atoms with Crippen molar-refractivity contribution in [2.24, 2.45) is 29.1 Å². The first-order valence-corrected chi connectivity index (χ1v) is 51.1. The van der Waals surface area contributed by atoms with Gasteiger partial charge in [0.1, 0.15) is 55.3 Å². The predicted molar refractivity (Wildman–Crippen MR) is 527 cm³/mol. The van der Waals surface area contributed by atoms with Crippen LogP contribution in [0, 0.1) is 41.4 Å². The minimum Gasteiger partial charge on any atom is -0.496 e. The van der Waals surface area contributed by atoms with E-state index >= 15 is 4.79 Å². The highest BCUT2D eigenvalue weighted by molar-refractivity contribution is 8.77. The highest BCUT2D eigenvalue weighted by atomic mass is 33.1. The van der Waals surface area contributed by atoms with E-state index in [4.69, 9.17) is 59.9 Å². The normalized spacial score (nSPS) is 22.0. The van der Waals surface area contributed by atoms with E-state index in [2.05, 4.69) is 74.9 Å². The number of aromatic nitrogens is 3. The monoisotopic (exact) mass is 2060 g/mol. The average molecular weight is 2060 g/mol. The maximum Gasteiger partial charge on any atom is 0.426 e. The van der Waals surface area contributed by atoms with Crippen LogP contribution in [-0.2, 0) is 115 Å². The van der Waals surface area contributed by atoms with E-state index in [1.165, 1.54) is 69.3 Å². The molecule has 3 fully saturated rings. The lowest BCUT2D eigenvalue weighted by molar-refractivity contribution is -0.204. The summed E-state index contributed by atoms with van der Waals surface area (Å²) < 4.78 is 23.0. The number of aliphatic hydroxyl groups is 3. The molecule has 1 saturated carbocycles. The number of para-hydroxylation sites is 1. The van der Waals surface area contributed by atoms with Crippen LogP contribution in [0.15, 0.2) is 95.8 Å². The van der Waals surface area contributed by atoms with E-state index in [9.17, 15) is 83.1 Å². The summed E-state index contributed by atoms with van der Waals surface area (Å²) in [6, 6.07) is 19.7. The number of aromatic amines is 2. The van der Waals surface area contributed by atoms with Gasteiger partial charge >= 0.3 is 42.5 Å². The third kappa shape index (κ3) is 28.4. The molecule has 1 spiro atoms. The van der Waals surface area contributed by atoms with Gasteiger partial charge in [-0.2, -0.15) is 28.8 Å². The van der Waals surface area contributed by atoms with Gasteiger partial charge in [-0.25, -0.2) is 24.8 Å². The Labute approximate surface area is 840 Å². The number of fused-ring (bicyclic) bond motifs is 7. The summed E-state index contributed by atoms with van der Waals surface area (Å²) in [5.74, 6) is -2.89. The number of aliphatic carboxylic acids is 2. The molecule has 143 heavy (non-hydrogen) atoms. The molecule has 6 amide bonds. The molecule has 42 nitrogen and oxygen atoms in total. The van der Waals surface area contributed by atoms with Gasteiger partial charge in [0.05, 0.1) is 41.6 Å². The number of hydrogen-bond acceptors (Lipinski definition) is 36. The van der Waals surface area contributed by atoms with Crippen LogP contribution >= 0.6 is 43.2 Å². The molecule has 6 aliphatic rings. The van der Waals surface area contributed by atoms with Gasteiger partial charge < -0.3 is 86.3 Å². The number of nitrogens with one attached hydrogen (secondary N) is 8. The Kier molecular flexibility index (Phi) is 43.7. The Morgan fingerprint density at radius 1 is 0.755 bits per heavy atom. The standard InChI is InChI=1S/C60H82N8O14S2.C34H40N6O8S2.3CO2/c1-8-56(78)28-37-29-58(33-81-34-69,48-39(15-20-67(31-37)32-56)38-13-10-11-14-42(38)62-48)41-26-40-44(27-46(41)80-7)66(6)52-59(40)18-21-68-19-12-17-57(9-2,51(59)68)53(75)60(52,79)54(76)64-65-55(77)82-22-24-84-83-23-16-47(71)61-30-43(50(73)74)63-49(72)36(5)25-45(70)35(3)4;1-4-14-40(20-22-5-10-27-26(19-22)32(45)39-34(35)38-27)24-8-6-23(7-9-24)31(44)37-28(33(46)47)11-12-29(42)48-15-17-50-49-16-13-25(41)18-21(2)30(43)36-3;3*2-1-3/h10-14,17,26-27,34-37,43,51-53,62,75,78-79H,8-9,15-16,18-25,28-33H2,1-7H3,(H,61,71)(H,63,72)(H,64,76)(H,65,77)(H,73,74);1,5-10,19,21,28H,11-18,20H2,2-3H3,(H,36,43)(H,37,44)(H,46,47)(H3,35,38,39,45);;;/t36-,37-,43+,51+,52-,53-,56+,57-,58+,59-,60+;21-,28+;;;/m11.../s1. The lowest BCUT2D eigenvalue weighted by Crippen LogP contribution is -2.82. The molecule has 2 aromatic heterocycles. The van der Waals surface area contributed by atoms with Crippen molar-refractivity contribution in [3.05, 3.63) is 135 Å². The molecule has 0 radical (unpaired) electrons. The maximum atomic E-state index is 15.1. The number of nitrogens with zero attached hydrogens (tertiary/aromatic N) is 5. The number of H-pyrrole nitrogens is 2. The smallest absolute Gasteiger partial charge is 0.426 e. The van der Waals surface area contributed by atoms with Gasteiger partial charge in [0.2, 0.25) is 23.7 Å². The number of ketones is 2. The van der Waals surface area contributed by atoms with E-state index in [1.54, 1.807) is 59.2 Å². The lowest BCUT2D eigenvalue weighted by atomic mass is 9.47. The molecule has 2 saturated heterocycles. The number of methoxy groups -OCH3 is 1. The number of Topliss-reactive ketones (excluding diaryl/α,β-unsaturated/α-hetero) is 2. The summed E-state index contributed by atoms with van der Waals surface area (Å²) >= 11 is 0. The zero-order valence-corrected chi connectivity index (χ0v) is 83.9. The third-order valence-electron chi connectivity index (χ3n) is 26.5. The van der Waals surface area contributed by atoms with Crippen molar-refractivity contribution >= 4 is 172 Å². The number of likely N-dealkylation sites (N-methyl/N-ethyl adjacent to an activating group) is 1. The minimum atomic E-state index is -2.57. The average Bonchev–Trinajstić information content (AvgIpc) is 1.48. The summed E-state index contributed by atoms with van der Waals surface area (Å²) in [5, 5.41) is 69.1. The Hall–Kier alpha value is -12.8. The van der Waals surface area contributed by atoms with E-state index < -0.39 is 111 Å². The van der Waals surface area contributed by atoms with E-state index in [0.29, 0.717) is 129 Å². The van der Waals surface area contributed by atoms with E-state index in [-0.39, 0.29) is 142 Å². The van der Waals surface area contributed by atoms with Crippen LogP contribution in [0.3, 0.4) is 0 Å². The van der Waals surface area contributed by atoms with Crippen LogP contribution < -0.4 is 57.9 Å². The number of carbonyl (C=O) groups is 12. The Balaban J connectivity index is 0.000000360. The van der Waals surface area contributed by atoms with Crippen molar-refractivity contribution in [2.75, 3.05) is 125 Å². The van der Waals surface area contributed by atoms with E-state index in [0.717, 1.165) is 45.4 Å². The number of rotatable bonds is 43. The summed E-state index contributed by atoms with van der Waals surface area (Å²) in [6.07, 6.45) is 10.8. The summed E-state index contributed by atoms with van der Waals surface area (Å²) in [7, 11) is 10.4. The van der Waals surface area contributed by atoms with Crippen molar-refractivity contribution in [1.82, 2.24) is 56.9 Å². The summed E-state index contributed by atoms with van der Waals surface area (Å²) in [4.78, 5) is 230. The van der Waals surface area contributed by atoms with Crippen LogP contribution in [0.2, 0.25) is 0 Å². The van der Waals surface area contributed by atoms with Crippen molar-refractivity contribution in [1.29, 1.82) is 0 Å². The first-order valence-electron chi connectivity index (χ1n) is 46.1. The Bertz CT molecular complexity index is 5760. The molecule has 1 unspecified atom stereocenters. The predicted octanol–water partition coefficient (Wildman–Crippen LogP) is 4.73. The molecule has 1 aliphatic carbocycles. The number of ether oxygens (including phenoxy) is 4. The summed E-state index contributed by atoms with van der Waals surface area (Å²) in [5.41, 5.74) is 10.5. The zero-order valence-electron chi connectivity index (χ0n) is 80.7. The Morgan fingerprint density at radius 3 is 2.05 bits per heavy atom. The third-order valence-corrected chi connectivity index (χ3v) is 31.2. The first kappa shape index (κ1) is 115. The van der Waals surface area contributed by atoms with Crippen LogP contribution in [0.4, 0.5) is 22.1 Å². The van der Waals surface area contributed by atoms with E-state index in [1.807, 2.05) is 66.1 Å². The SMILES string of the molecule is C#CCN(Cc1ccc2nc(N)[nH]c(=O)c2c1)c1ccc(C(=O)N[C@@H](CCC(=O)OCCSSCCC(=O)C[C@@H](C)C(=O)NC)C(=O)O)cc1.CC[C@]1(O)C[C@H]2CN(CCc3c([nH]c4ccccc34)[C@@](COC=O)(c3cc4c(cc3OC)N(C)[C@H]3[C@@](O)(C(=O)NNC(=O)OCCSSCCC(=O)NC[C@H](NC(=O)[C@H](C)CC(=O)C(C)C)C(=O)O)[C@H](O)[C@]5(CC)C=CCN6CC[C@]43[C@@H]65)C2)C1.O=C=O.O=C=O.O=C=O. The molecule has 5 aliphatic heterocycles. The number of carboxylic acids is 2. The van der Waals surface area contributed by atoms with Gasteiger partial charge in [-0.15, -0.1) is 6.42 Å². The molecule has 772 valence electrons. The number of carbonyl (C=O) groups excluding carboxylic acids is 16. The molecule has 4 aromatic carbocycles. The lowest BCUT2D eigenvalue weighted by Gasteiger charge is -2.63. The zero-order chi connectivity index (χ0) is 105. The largest absolute Gasteiger partial charge is 0.496 e. The maximum absolute atomic E-state index is 15.1. The van der Waals surface area contributed by atoms with Crippen molar-refractivity contribution in [2.45, 2.75) is 177 Å².